The fraction of sp³-hybridized carbons (Fsp3) is 0.250. The lowest BCUT2D eigenvalue weighted by molar-refractivity contribution is -0.123. The van der Waals surface area contributed by atoms with Crippen LogP contribution >= 0.6 is 0 Å². The lowest BCUT2D eigenvalue weighted by Gasteiger charge is -2.16. The van der Waals surface area contributed by atoms with Gasteiger partial charge in [-0.1, -0.05) is 0 Å². The maximum atomic E-state index is 14.5. The van der Waals surface area contributed by atoms with Crippen molar-refractivity contribution < 1.29 is 23.4 Å². The SMILES string of the molecule is CC(O)C(=O)Nc1cc(-c2c(-c3ccc(F)cc3F)nn3c2OCCC3)ccn1. The number of amides is 1. The highest BCUT2D eigenvalue weighted by Crippen LogP contribution is 2.41. The quantitative estimate of drug-likeness (QED) is 0.703. The van der Waals surface area contributed by atoms with Crippen LogP contribution in [0.15, 0.2) is 36.5 Å². The van der Waals surface area contributed by atoms with Crippen LogP contribution in [0.1, 0.15) is 13.3 Å². The zero-order valence-corrected chi connectivity index (χ0v) is 15.5. The molecule has 0 spiro atoms. The molecule has 1 aliphatic rings. The van der Waals surface area contributed by atoms with Crippen LogP contribution in [-0.2, 0) is 11.3 Å². The highest BCUT2D eigenvalue weighted by Gasteiger charge is 2.26. The summed E-state index contributed by atoms with van der Waals surface area (Å²) < 4.78 is 35.3. The highest BCUT2D eigenvalue weighted by atomic mass is 19.1. The molecule has 1 amide bonds. The number of carbonyl (C=O) groups is 1. The summed E-state index contributed by atoms with van der Waals surface area (Å²) in [5, 5.41) is 16.4. The van der Waals surface area contributed by atoms with Crippen molar-refractivity contribution >= 4 is 11.7 Å². The molecule has 1 atom stereocenters. The number of halogens is 2. The number of benzene rings is 1. The van der Waals surface area contributed by atoms with Gasteiger partial charge < -0.3 is 15.2 Å². The van der Waals surface area contributed by atoms with E-state index in [9.17, 15) is 18.7 Å². The van der Waals surface area contributed by atoms with Crippen molar-refractivity contribution in [2.24, 2.45) is 0 Å². The Labute approximate surface area is 165 Å². The maximum absolute atomic E-state index is 14.5. The Morgan fingerprint density at radius 3 is 2.90 bits per heavy atom. The van der Waals surface area contributed by atoms with Crippen molar-refractivity contribution in [3.05, 3.63) is 48.2 Å². The smallest absolute Gasteiger partial charge is 0.254 e. The number of anilines is 1. The van der Waals surface area contributed by atoms with Gasteiger partial charge in [-0.2, -0.15) is 5.10 Å². The fourth-order valence-corrected chi connectivity index (χ4v) is 3.14. The van der Waals surface area contributed by atoms with Gasteiger partial charge in [0, 0.05) is 30.8 Å². The number of nitrogens with zero attached hydrogens (tertiary/aromatic N) is 3. The molecule has 0 bridgehead atoms. The normalized spacial score (nSPS) is 14.1. The van der Waals surface area contributed by atoms with E-state index in [0.29, 0.717) is 35.9 Å². The second kappa shape index (κ2) is 7.59. The number of pyridine rings is 1. The first kappa shape index (κ1) is 19.0. The predicted octanol–water partition coefficient (Wildman–Crippen LogP) is 2.99. The molecule has 0 aliphatic carbocycles. The van der Waals surface area contributed by atoms with Crippen molar-refractivity contribution in [1.29, 1.82) is 0 Å². The molecule has 1 unspecified atom stereocenters. The van der Waals surface area contributed by atoms with Gasteiger partial charge in [0.1, 0.15) is 29.3 Å². The summed E-state index contributed by atoms with van der Waals surface area (Å²) in [7, 11) is 0. The van der Waals surface area contributed by atoms with Crippen LogP contribution < -0.4 is 10.1 Å². The van der Waals surface area contributed by atoms with Crippen LogP contribution in [0.5, 0.6) is 5.88 Å². The number of nitrogens with one attached hydrogen (secondary N) is 1. The van der Waals surface area contributed by atoms with E-state index in [-0.39, 0.29) is 11.4 Å². The Balaban J connectivity index is 1.85. The summed E-state index contributed by atoms with van der Waals surface area (Å²) in [6.07, 6.45) is 1.03. The molecule has 1 aromatic carbocycles. The number of rotatable bonds is 4. The number of fused-ring (bicyclic) bond motifs is 1. The molecular weight excluding hydrogens is 382 g/mol. The fourth-order valence-electron chi connectivity index (χ4n) is 3.14. The summed E-state index contributed by atoms with van der Waals surface area (Å²) in [4.78, 5) is 15.9. The molecule has 0 fully saturated rings. The Bertz CT molecular complexity index is 1080. The standard InChI is InChI=1S/C20H18F2N4O3/c1-11(27)19(28)24-16-9-12(5-6-23-16)17-18(14-4-3-13(21)10-15(14)22)25-26-7-2-8-29-20(17)26/h3-6,9-11,27H,2,7-8H2,1H3,(H,23,24,28). The predicted molar refractivity (Wildman–Crippen MR) is 101 cm³/mol. The molecule has 150 valence electrons. The Morgan fingerprint density at radius 1 is 1.31 bits per heavy atom. The van der Waals surface area contributed by atoms with E-state index in [1.165, 1.54) is 25.3 Å². The van der Waals surface area contributed by atoms with Gasteiger partial charge in [-0.15, -0.1) is 0 Å². The number of hydrogen-bond donors (Lipinski definition) is 2. The third-order valence-electron chi connectivity index (χ3n) is 4.52. The molecule has 0 saturated carbocycles. The number of ether oxygens (including phenoxy) is 1. The maximum Gasteiger partial charge on any atom is 0.254 e. The topological polar surface area (TPSA) is 89.3 Å². The molecule has 9 heteroatoms. The molecule has 4 rings (SSSR count). The number of aliphatic hydroxyl groups is 1. The molecule has 29 heavy (non-hydrogen) atoms. The van der Waals surface area contributed by atoms with Crippen molar-refractivity contribution in [2.75, 3.05) is 11.9 Å². The van der Waals surface area contributed by atoms with Gasteiger partial charge in [-0.05, 0) is 36.8 Å². The second-order valence-electron chi connectivity index (χ2n) is 6.67. The van der Waals surface area contributed by atoms with Crippen LogP contribution in [0.25, 0.3) is 22.4 Å². The molecule has 3 heterocycles. The Morgan fingerprint density at radius 2 is 2.14 bits per heavy atom. The minimum absolute atomic E-state index is 0.137. The van der Waals surface area contributed by atoms with Crippen LogP contribution in [-0.4, -0.2) is 38.5 Å². The number of aliphatic hydroxyl groups excluding tert-OH is 1. The average Bonchev–Trinajstić information content (AvgIpc) is 3.07. The summed E-state index contributed by atoms with van der Waals surface area (Å²) in [6.45, 7) is 2.43. The lowest BCUT2D eigenvalue weighted by Crippen LogP contribution is -2.24. The monoisotopic (exact) mass is 400 g/mol. The number of aryl methyl sites for hydroxylation is 1. The van der Waals surface area contributed by atoms with Crippen LogP contribution in [0.4, 0.5) is 14.6 Å². The molecule has 3 aromatic rings. The summed E-state index contributed by atoms with van der Waals surface area (Å²) in [5.41, 5.74) is 1.55. The first-order valence-electron chi connectivity index (χ1n) is 9.08. The van der Waals surface area contributed by atoms with Gasteiger partial charge in [0.25, 0.3) is 5.91 Å². The third-order valence-corrected chi connectivity index (χ3v) is 4.52. The van der Waals surface area contributed by atoms with E-state index in [4.69, 9.17) is 4.74 Å². The van der Waals surface area contributed by atoms with Crippen molar-refractivity contribution in [3.8, 4) is 28.3 Å². The number of aromatic nitrogens is 3. The highest BCUT2D eigenvalue weighted by molar-refractivity contribution is 5.94. The minimum atomic E-state index is -1.20. The van der Waals surface area contributed by atoms with Gasteiger partial charge in [0.05, 0.1) is 12.2 Å². The first-order valence-corrected chi connectivity index (χ1v) is 9.08. The van der Waals surface area contributed by atoms with Crippen molar-refractivity contribution in [2.45, 2.75) is 26.0 Å². The zero-order chi connectivity index (χ0) is 20.5. The van der Waals surface area contributed by atoms with E-state index < -0.39 is 23.6 Å². The largest absolute Gasteiger partial charge is 0.477 e. The van der Waals surface area contributed by atoms with Gasteiger partial charge >= 0.3 is 0 Å². The van der Waals surface area contributed by atoms with E-state index in [0.717, 1.165) is 12.5 Å². The summed E-state index contributed by atoms with van der Waals surface area (Å²) >= 11 is 0. The van der Waals surface area contributed by atoms with Gasteiger partial charge in [-0.25, -0.2) is 18.4 Å². The minimum Gasteiger partial charge on any atom is -0.477 e. The molecule has 2 aromatic heterocycles. The van der Waals surface area contributed by atoms with E-state index in [2.05, 4.69) is 15.4 Å². The number of hydrogen-bond acceptors (Lipinski definition) is 5. The summed E-state index contributed by atoms with van der Waals surface area (Å²) in [6, 6.07) is 6.57. The molecule has 0 saturated heterocycles. The molecule has 1 aliphatic heterocycles. The van der Waals surface area contributed by atoms with Gasteiger partial charge in [0.2, 0.25) is 5.88 Å². The Kier molecular flexibility index (Phi) is 4.98. The van der Waals surface area contributed by atoms with Crippen molar-refractivity contribution in [1.82, 2.24) is 14.8 Å². The Hall–Kier alpha value is -3.33. The lowest BCUT2D eigenvalue weighted by atomic mass is 10.0. The average molecular weight is 400 g/mol. The van der Waals surface area contributed by atoms with E-state index in [1.807, 2.05) is 0 Å². The van der Waals surface area contributed by atoms with Crippen molar-refractivity contribution in [3.63, 3.8) is 0 Å². The number of carbonyl (C=O) groups excluding carboxylic acids is 1. The second-order valence-corrected chi connectivity index (χ2v) is 6.67. The van der Waals surface area contributed by atoms with Gasteiger partial charge in [-0.3, -0.25) is 4.79 Å². The zero-order valence-electron chi connectivity index (χ0n) is 15.5. The van der Waals surface area contributed by atoms with Crippen LogP contribution in [0, 0.1) is 11.6 Å². The first-order chi connectivity index (χ1) is 13.9. The van der Waals surface area contributed by atoms with Gasteiger partial charge in [0.15, 0.2) is 0 Å². The third kappa shape index (κ3) is 3.68. The van der Waals surface area contributed by atoms with Crippen LogP contribution in [0.3, 0.4) is 0 Å². The van der Waals surface area contributed by atoms with E-state index in [1.54, 1.807) is 16.8 Å². The molecule has 2 N–H and O–H groups in total. The van der Waals surface area contributed by atoms with Crippen LogP contribution in [0.2, 0.25) is 0 Å². The summed E-state index contributed by atoms with van der Waals surface area (Å²) in [5.74, 6) is -1.34. The molecular formula is C20H18F2N4O3. The van der Waals surface area contributed by atoms with E-state index >= 15 is 0 Å². The molecule has 0 radical (unpaired) electrons. The molecule has 7 nitrogen and oxygen atoms in total.